The molecule has 24 heavy (non-hydrogen) atoms. The van der Waals surface area contributed by atoms with Gasteiger partial charge in [-0.05, 0) is 37.3 Å². The molecule has 0 saturated heterocycles. The van der Waals surface area contributed by atoms with Crippen LogP contribution in [-0.4, -0.2) is 23.5 Å². The highest BCUT2D eigenvalue weighted by atomic mass is 79.9. The van der Waals surface area contributed by atoms with Gasteiger partial charge in [-0.2, -0.15) is 0 Å². The lowest BCUT2D eigenvalue weighted by Gasteiger charge is -2.07. The Bertz CT molecular complexity index is 788. The smallest absolute Gasteiger partial charge is 0.343 e. The first-order valence-electron chi connectivity index (χ1n) is 6.85. The van der Waals surface area contributed by atoms with E-state index in [0.717, 1.165) is 16.6 Å². The Kier molecular flexibility index (Phi) is 5.64. The van der Waals surface area contributed by atoms with Crippen molar-refractivity contribution in [1.29, 1.82) is 0 Å². The Morgan fingerprint density at radius 2 is 1.67 bits per heavy atom. The van der Waals surface area contributed by atoms with Crippen molar-refractivity contribution in [2.24, 2.45) is 0 Å². The lowest BCUT2D eigenvalue weighted by molar-refractivity contribution is -0.384. The van der Waals surface area contributed by atoms with Gasteiger partial charge in [-0.1, -0.05) is 15.9 Å². The zero-order chi connectivity index (χ0) is 17.7. The molecule has 0 spiro atoms. The number of nitro groups is 1. The molecule has 124 valence electrons. The summed E-state index contributed by atoms with van der Waals surface area (Å²) in [6, 6.07) is 9.78. The summed E-state index contributed by atoms with van der Waals surface area (Å²) in [6.07, 6.45) is 0. The van der Waals surface area contributed by atoms with Crippen LogP contribution in [0, 0.1) is 10.1 Å². The minimum atomic E-state index is -0.813. The lowest BCUT2D eigenvalue weighted by atomic mass is 10.1. The molecule has 0 saturated carbocycles. The SMILES string of the molecule is CCOC(=O)c1cc(C(=O)Oc2ccc(Br)cc2)cc([N+](=O)[O-])c1. The van der Waals surface area contributed by atoms with Crippen LogP contribution in [0.1, 0.15) is 27.6 Å². The van der Waals surface area contributed by atoms with Crippen molar-refractivity contribution in [2.75, 3.05) is 6.61 Å². The third-order valence-corrected chi connectivity index (χ3v) is 3.43. The minimum Gasteiger partial charge on any atom is -0.462 e. The topological polar surface area (TPSA) is 95.7 Å². The van der Waals surface area contributed by atoms with Crippen LogP contribution in [0.4, 0.5) is 5.69 Å². The third-order valence-electron chi connectivity index (χ3n) is 2.90. The molecule has 0 heterocycles. The number of rotatable bonds is 5. The lowest BCUT2D eigenvalue weighted by Crippen LogP contribution is -2.12. The van der Waals surface area contributed by atoms with Crippen LogP contribution in [0.25, 0.3) is 0 Å². The Morgan fingerprint density at radius 1 is 1.08 bits per heavy atom. The Hall–Kier alpha value is -2.74. The first kappa shape index (κ1) is 17.6. The molecule has 0 bridgehead atoms. The maximum absolute atomic E-state index is 12.2. The van der Waals surface area contributed by atoms with Gasteiger partial charge in [-0.25, -0.2) is 9.59 Å². The molecule has 2 aromatic carbocycles. The largest absolute Gasteiger partial charge is 0.462 e. The molecule has 8 heteroatoms. The van der Waals surface area contributed by atoms with Crippen molar-refractivity contribution < 1.29 is 24.0 Å². The molecule has 0 atom stereocenters. The maximum Gasteiger partial charge on any atom is 0.343 e. The van der Waals surface area contributed by atoms with E-state index in [4.69, 9.17) is 9.47 Å². The third kappa shape index (κ3) is 4.39. The molecule has 0 fully saturated rings. The number of non-ortho nitro benzene ring substituents is 1. The van der Waals surface area contributed by atoms with Crippen LogP contribution in [0.15, 0.2) is 46.9 Å². The van der Waals surface area contributed by atoms with E-state index >= 15 is 0 Å². The Morgan fingerprint density at radius 3 is 2.21 bits per heavy atom. The molecule has 0 aliphatic rings. The van der Waals surface area contributed by atoms with Crippen LogP contribution in [0.2, 0.25) is 0 Å². The second-order valence-electron chi connectivity index (χ2n) is 4.59. The van der Waals surface area contributed by atoms with Gasteiger partial charge in [0.2, 0.25) is 0 Å². The van der Waals surface area contributed by atoms with Crippen molar-refractivity contribution in [1.82, 2.24) is 0 Å². The van der Waals surface area contributed by atoms with Gasteiger partial charge in [0.25, 0.3) is 5.69 Å². The number of carbonyl (C=O) groups is 2. The minimum absolute atomic E-state index is 0.0891. The van der Waals surface area contributed by atoms with E-state index in [1.54, 1.807) is 31.2 Å². The summed E-state index contributed by atoms with van der Waals surface area (Å²) in [7, 11) is 0. The van der Waals surface area contributed by atoms with Crippen LogP contribution in [0.3, 0.4) is 0 Å². The van der Waals surface area contributed by atoms with E-state index in [2.05, 4.69) is 15.9 Å². The molecular weight excluding hydrogens is 382 g/mol. The molecule has 0 aromatic heterocycles. The summed E-state index contributed by atoms with van der Waals surface area (Å²) in [5, 5.41) is 11.0. The van der Waals surface area contributed by atoms with Gasteiger partial charge in [0, 0.05) is 16.6 Å². The molecule has 0 radical (unpaired) electrons. The average Bonchev–Trinajstić information content (AvgIpc) is 2.56. The van der Waals surface area contributed by atoms with E-state index in [1.165, 1.54) is 6.07 Å². The molecule has 2 rings (SSSR count). The molecule has 0 aliphatic carbocycles. The van der Waals surface area contributed by atoms with E-state index in [9.17, 15) is 19.7 Å². The van der Waals surface area contributed by atoms with Crippen molar-refractivity contribution in [3.05, 3.63) is 68.2 Å². The Labute approximate surface area is 145 Å². The van der Waals surface area contributed by atoms with Crippen LogP contribution >= 0.6 is 15.9 Å². The summed E-state index contributed by atoms with van der Waals surface area (Å²) in [4.78, 5) is 34.3. The summed E-state index contributed by atoms with van der Waals surface area (Å²) in [5.74, 6) is -1.29. The molecule has 0 amide bonds. The van der Waals surface area contributed by atoms with Crippen LogP contribution in [-0.2, 0) is 4.74 Å². The molecule has 0 unspecified atom stereocenters. The summed E-state index contributed by atoms with van der Waals surface area (Å²) in [5.41, 5.74) is -0.604. The number of hydrogen-bond donors (Lipinski definition) is 0. The van der Waals surface area contributed by atoms with E-state index in [1.807, 2.05) is 0 Å². The quantitative estimate of drug-likeness (QED) is 0.332. The average molecular weight is 394 g/mol. The van der Waals surface area contributed by atoms with Crippen molar-refractivity contribution >= 4 is 33.6 Å². The monoisotopic (exact) mass is 393 g/mol. The fraction of sp³-hybridized carbons (Fsp3) is 0.125. The molecule has 0 aliphatic heterocycles. The van der Waals surface area contributed by atoms with Crippen molar-refractivity contribution in [3.63, 3.8) is 0 Å². The first-order chi connectivity index (χ1) is 11.4. The Balaban J connectivity index is 2.33. The maximum atomic E-state index is 12.2. The fourth-order valence-corrected chi connectivity index (χ4v) is 2.10. The van der Waals surface area contributed by atoms with Gasteiger partial charge in [0.05, 0.1) is 22.7 Å². The van der Waals surface area contributed by atoms with E-state index in [-0.39, 0.29) is 23.5 Å². The van der Waals surface area contributed by atoms with Crippen LogP contribution in [0.5, 0.6) is 5.75 Å². The number of nitro benzene ring substituents is 1. The van der Waals surface area contributed by atoms with E-state index < -0.39 is 22.5 Å². The fourth-order valence-electron chi connectivity index (χ4n) is 1.84. The van der Waals surface area contributed by atoms with Gasteiger partial charge in [0.15, 0.2) is 0 Å². The van der Waals surface area contributed by atoms with Crippen molar-refractivity contribution in [3.8, 4) is 5.75 Å². The number of hydrogen-bond acceptors (Lipinski definition) is 6. The number of benzene rings is 2. The highest BCUT2D eigenvalue weighted by Crippen LogP contribution is 2.21. The molecule has 2 aromatic rings. The molecule has 0 N–H and O–H groups in total. The summed E-state index contributed by atoms with van der Waals surface area (Å²) in [6.45, 7) is 1.72. The second kappa shape index (κ2) is 7.69. The number of halogens is 1. The van der Waals surface area contributed by atoms with Gasteiger partial charge in [-0.3, -0.25) is 10.1 Å². The molecular formula is C16H12BrNO6. The van der Waals surface area contributed by atoms with Crippen LogP contribution < -0.4 is 4.74 Å². The summed E-state index contributed by atoms with van der Waals surface area (Å²) < 4.78 is 10.8. The highest BCUT2D eigenvalue weighted by Gasteiger charge is 2.20. The zero-order valence-electron chi connectivity index (χ0n) is 12.5. The van der Waals surface area contributed by atoms with E-state index in [0.29, 0.717) is 0 Å². The van der Waals surface area contributed by atoms with Gasteiger partial charge < -0.3 is 9.47 Å². The summed E-state index contributed by atoms with van der Waals surface area (Å²) >= 11 is 3.26. The number of esters is 2. The predicted molar refractivity (Wildman–Crippen MR) is 88.2 cm³/mol. The number of nitrogens with zero attached hydrogens (tertiary/aromatic N) is 1. The van der Waals surface area contributed by atoms with Gasteiger partial charge >= 0.3 is 11.9 Å². The zero-order valence-corrected chi connectivity index (χ0v) is 14.1. The predicted octanol–water partition coefficient (Wildman–Crippen LogP) is 3.75. The number of ether oxygens (including phenoxy) is 2. The second-order valence-corrected chi connectivity index (χ2v) is 5.51. The molecule has 7 nitrogen and oxygen atoms in total. The first-order valence-corrected chi connectivity index (χ1v) is 7.64. The van der Waals surface area contributed by atoms with Gasteiger partial charge in [0.1, 0.15) is 5.75 Å². The van der Waals surface area contributed by atoms with Gasteiger partial charge in [-0.15, -0.1) is 0 Å². The number of carbonyl (C=O) groups excluding carboxylic acids is 2. The highest BCUT2D eigenvalue weighted by molar-refractivity contribution is 9.10. The normalized spacial score (nSPS) is 10.1. The van der Waals surface area contributed by atoms with Crippen molar-refractivity contribution in [2.45, 2.75) is 6.92 Å². The standard InChI is InChI=1S/C16H12BrNO6/c1-2-23-15(19)10-7-11(9-13(8-10)18(21)22)16(20)24-14-5-3-12(17)4-6-14/h3-9H,2H2,1H3.